The van der Waals surface area contributed by atoms with Gasteiger partial charge in [0.25, 0.3) is 0 Å². The zero-order valence-corrected chi connectivity index (χ0v) is 12.1. The van der Waals surface area contributed by atoms with E-state index in [0.29, 0.717) is 15.9 Å². The topological polar surface area (TPSA) is 108 Å². The van der Waals surface area contributed by atoms with Gasteiger partial charge in [-0.15, -0.1) is 0 Å². The van der Waals surface area contributed by atoms with Crippen LogP contribution in [0.4, 0.5) is 0 Å². The van der Waals surface area contributed by atoms with Gasteiger partial charge in [0.1, 0.15) is 12.2 Å². The highest BCUT2D eigenvalue weighted by molar-refractivity contribution is 9.10. The standard InChI is InChI=1S/C10H11BrN4O3S/c11-8-2-1-7(5-16)3-9(8)19(17,18)14-4-10-12-6-13-15-10/h1-3,6,14,16H,4-5H2,(H,12,13,15). The van der Waals surface area contributed by atoms with Gasteiger partial charge in [0.15, 0.2) is 0 Å². The van der Waals surface area contributed by atoms with Crippen LogP contribution in [-0.2, 0) is 23.2 Å². The second-order valence-corrected chi connectivity index (χ2v) is 6.27. The van der Waals surface area contributed by atoms with E-state index in [4.69, 9.17) is 5.11 Å². The molecule has 9 heteroatoms. The Kier molecular flexibility index (Phi) is 4.30. The number of hydrogen-bond donors (Lipinski definition) is 3. The van der Waals surface area contributed by atoms with Crippen LogP contribution < -0.4 is 4.72 Å². The minimum atomic E-state index is -3.70. The molecule has 0 radical (unpaired) electrons. The third-order valence-electron chi connectivity index (χ3n) is 2.36. The lowest BCUT2D eigenvalue weighted by Crippen LogP contribution is -2.24. The van der Waals surface area contributed by atoms with Crippen molar-refractivity contribution in [3.05, 3.63) is 40.4 Å². The average Bonchev–Trinajstić information content (AvgIpc) is 2.90. The Labute approximate surface area is 118 Å². The van der Waals surface area contributed by atoms with Crippen LogP contribution >= 0.6 is 15.9 Å². The summed E-state index contributed by atoms with van der Waals surface area (Å²) in [5.74, 6) is 0.415. The van der Waals surface area contributed by atoms with Gasteiger partial charge < -0.3 is 5.11 Å². The maximum atomic E-state index is 12.1. The second-order valence-electron chi connectivity index (χ2n) is 3.68. The Morgan fingerprint density at radius 3 is 2.84 bits per heavy atom. The van der Waals surface area contributed by atoms with Crippen LogP contribution in [0.1, 0.15) is 11.4 Å². The van der Waals surface area contributed by atoms with Gasteiger partial charge in [-0.1, -0.05) is 6.07 Å². The number of nitrogens with one attached hydrogen (secondary N) is 2. The van der Waals surface area contributed by atoms with Crippen molar-refractivity contribution >= 4 is 26.0 Å². The van der Waals surface area contributed by atoms with Crippen molar-refractivity contribution in [1.29, 1.82) is 0 Å². The summed E-state index contributed by atoms with van der Waals surface area (Å²) in [6.45, 7) is -0.212. The number of H-pyrrole nitrogens is 1. The number of rotatable bonds is 5. The second kappa shape index (κ2) is 5.78. The van der Waals surface area contributed by atoms with Gasteiger partial charge in [-0.25, -0.2) is 18.1 Å². The first-order valence-electron chi connectivity index (χ1n) is 5.26. The van der Waals surface area contributed by atoms with E-state index in [1.165, 1.54) is 12.4 Å². The molecule has 3 N–H and O–H groups in total. The molecule has 7 nitrogen and oxygen atoms in total. The van der Waals surface area contributed by atoms with Crippen molar-refractivity contribution in [3.63, 3.8) is 0 Å². The summed E-state index contributed by atoms with van der Waals surface area (Å²) in [7, 11) is -3.70. The highest BCUT2D eigenvalue weighted by atomic mass is 79.9. The molecule has 2 rings (SSSR count). The van der Waals surface area contributed by atoms with E-state index in [1.807, 2.05) is 0 Å². The molecule has 0 bridgehead atoms. The lowest BCUT2D eigenvalue weighted by atomic mass is 10.2. The number of aliphatic hydroxyl groups is 1. The molecule has 0 saturated heterocycles. The molecule has 19 heavy (non-hydrogen) atoms. The van der Waals surface area contributed by atoms with Crippen LogP contribution in [0.2, 0.25) is 0 Å². The summed E-state index contributed by atoms with van der Waals surface area (Å²) >= 11 is 3.18. The maximum Gasteiger partial charge on any atom is 0.242 e. The molecule has 0 aliphatic carbocycles. The van der Waals surface area contributed by atoms with Gasteiger partial charge >= 0.3 is 0 Å². The SMILES string of the molecule is O=S(=O)(NCc1ncn[nH]1)c1cc(CO)ccc1Br. The fraction of sp³-hybridized carbons (Fsp3) is 0.200. The van der Waals surface area contributed by atoms with E-state index in [2.05, 4.69) is 35.8 Å². The zero-order valence-electron chi connectivity index (χ0n) is 9.67. The molecule has 1 heterocycles. The van der Waals surface area contributed by atoms with E-state index in [9.17, 15) is 8.42 Å². The van der Waals surface area contributed by atoms with Crippen molar-refractivity contribution in [2.24, 2.45) is 0 Å². The van der Waals surface area contributed by atoms with Gasteiger partial charge in [-0.2, -0.15) is 5.10 Å². The molecule has 2 aromatic rings. The van der Waals surface area contributed by atoms with Crippen molar-refractivity contribution in [2.75, 3.05) is 0 Å². The first-order chi connectivity index (χ1) is 9.03. The van der Waals surface area contributed by atoms with Crippen LogP contribution in [0, 0.1) is 0 Å². The number of aromatic amines is 1. The third kappa shape index (κ3) is 3.38. The molecule has 0 amide bonds. The summed E-state index contributed by atoms with van der Waals surface area (Å²) < 4.78 is 27.1. The maximum absolute atomic E-state index is 12.1. The van der Waals surface area contributed by atoms with E-state index in [-0.39, 0.29) is 18.0 Å². The van der Waals surface area contributed by atoms with Crippen LogP contribution in [0.3, 0.4) is 0 Å². The number of nitrogens with zero attached hydrogens (tertiary/aromatic N) is 2. The average molecular weight is 347 g/mol. The lowest BCUT2D eigenvalue weighted by molar-refractivity contribution is 0.281. The molecule has 0 atom stereocenters. The molecule has 0 aliphatic rings. The Hall–Kier alpha value is -1.29. The molecule has 0 unspecified atom stereocenters. The van der Waals surface area contributed by atoms with Gasteiger partial charge in [0, 0.05) is 4.47 Å². The minimum Gasteiger partial charge on any atom is -0.392 e. The van der Waals surface area contributed by atoms with Crippen molar-refractivity contribution in [1.82, 2.24) is 19.9 Å². The fourth-order valence-electron chi connectivity index (χ4n) is 1.41. The molecule has 0 fully saturated rings. The molecular formula is C10H11BrN4O3S. The highest BCUT2D eigenvalue weighted by Gasteiger charge is 2.18. The largest absolute Gasteiger partial charge is 0.392 e. The Morgan fingerprint density at radius 2 is 2.21 bits per heavy atom. The number of aromatic nitrogens is 3. The Morgan fingerprint density at radius 1 is 1.42 bits per heavy atom. The minimum absolute atomic E-state index is 0.0120. The highest BCUT2D eigenvalue weighted by Crippen LogP contribution is 2.23. The van der Waals surface area contributed by atoms with Crippen molar-refractivity contribution in [3.8, 4) is 0 Å². The smallest absolute Gasteiger partial charge is 0.242 e. The summed E-state index contributed by atoms with van der Waals surface area (Å²) in [6.07, 6.45) is 1.30. The summed E-state index contributed by atoms with van der Waals surface area (Å²) in [4.78, 5) is 3.89. The number of aliphatic hydroxyl groups excluding tert-OH is 1. The monoisotopic (exact) mass is 346 g/mol. The number of benzene rings is 1. The predicted molar refractivity (Wildman–Crippen MR) is 70.5 cm³/mol. The van der Waals surface area contributed by atoms with E-state index < -0.39 is 10.0 Å². The first-order valence-corrected chi connectivity index (χ1v) is 7.54. The quantitative estimate of drug-likeness (QED) is 0.732. The van der Waals surface area contributed by atoms with Gasteiger partial charge in [-0.05, 0) is 33.6 Å². The number of sulfonamides is 1. The zero-order chi connectivity index (χ0) is 13.9. The van der Waals surface area contributed by atoms with E-state index in [0.717, 1.165) is 0 Å². The molecular weight excluding hydrogens is 336 g/mol. The Balaban J connectivity index is 2.23. The number of halogens is 1. The third-order valence-corrected chi connectivity index (χ3v) is 4.76. The normalized spacial score (nSPS) is 11.7. The molecule has 1 aromatic carbocycles. The first kappa shape index (κ1) is 14.1. The lowest BCUT2D eigenvalue weighted by Gasteiger charge is -2.08. The number of hydrogen-bond acceptors (Lipinski definition) is 5. The Bertz CT molecular complexity index is 657. The van der Waals surface area contributed by atoms with E-state index >= 15 is 0 Å². The summed E-state index contributed by atoms with van der Waals surface area (Å²) in [6, 6.07) is 4.63. The molecule has 0 saturated carbocycles. The fourth-order valence-corrected chi connectivity index (χ4v) is 3.41. The predicted octanol–water partition coefficient (Wildman–Crippen LogP) is 0.538. The van der Waals surface area contributed by atoms with Gasteiger partial charge in [0.05, 0.1) is 18.0 Å². The van der Waals surface area contributed by atoms with Crippen LogP contribution in [-0.4, -0.2) is 28.7 Å². The molecule has 0 aliphatic heterocycles. The van der Waals surface area contributed by atoms with Crippen LogP contribution in [0.5, 0.6) is 0 Å². The van der Waals surface area contributed by atoms with Gasteiger partial charge in [0.2, 0.25) is 10.0 Å². The van der Waals surface area contributed by atoms with Crippen molar-refractivity contribution in [2.45, 2.75) is 18.0 Å². The molecule has 102 valence electrons. The van der Waals surface area contributed by atoms with Crippen LogP contribution in [0.15, 0.2) is 33.9 Å². The van der Waals surface area contributed by atoms with E-state index in [1.54, 1.807) is 12.1 Å². The van der Waals surface area contributed by atoms with Crippen molar-refractivity contribution < 1.29 is 13.5 Å². The summed E-state index contributed by atoms with van der Waals surface area (Å²) in [5.41, 5.74) is 0.517. The molecule has 1 aromatic heterocycles. The van der Waals surface area contributed by atoms with Crippen LogP contribution in [0.25, 0.3) is 0 Å². The molecule has 0 spiro atoms. The van der Waals surface area contributed by atoms with Gasteiger partial charge in [-0.3, -0.25) is 5.10 Å². The summed E-state index contributed by atoms with van der Waals surface area (Å²) in [5, 5.41) is 15.2.